The minimum absolute atomic E-state index is 0.0691. The highest BCUT2D eigenvalue weighted by atomic mass is 16.6. The van der Waals surface area contributed by atoms with E-state index in [1.807, 2.05) is 29.2 Å². The molecule has 0 aliphatic carbocycles. The number of fused-ring (bicyclic) bond motifs is 1. The van der Waals surface area contributed by atoms with Crippen molar-refractivity contribution >= 4 is 23.1 Å². The van der Waals surface area contributed by atoms with Gasteiger partial charge in [-0.05, 0) is 42.0 Å². The molecule has 1 amide bonds. The van der Waals surface area contributed by atoms with E-state index in [9.17, 15) is 14.9 Å². The van der Waals surface area contributed by atoms with Gasteiger partial charge in [0.1, 0.15) is 5.84 Å². The molecule has 0 radical (unpaired) electrons. The Morgan fingerprint density at radius 1 is 1.16 bits per heavy atom. The Balaban J connectivity index is 1.77. The Bertz CT molecular complexity index is 1260. The number of hydrogen-bond acceptors (Lipinski definition) is 5. The summed E-state index contributed by atoms with van der Waals surface area (Å²) in [6.07, 6.45) is 0. The molecule has 152 valence electrons. The van der Waals surface area contributed by atoms with Crippen LogP contribution in [0.2, 0.25) is 0 Å². The molecule has 8 nitrogen and oxygen atoms in total. The molecule has 0 saturated heterocycles. The molecular formula is C23H16N4O4. The molecule has 1 aliphatic heterocycles. The zero-order valence-electron chi connectivity index (χ0n) is 16.5. The van der Waals surface area contributed by atoms with Crippen LogP contribution in [-0.2, 0) is 6.54 Å². The van der Waals surface area contributed by atoms with E-state index < -0.39 is 10.8 Å². The van der Waals surface area contributed by atoms with Gasteiger partial charge in [0.15, 0.2) is 5.75 Å². The number of benzene rings is 3. The lowest BCUT2D eigenvalue weighted by molar-refractivity contribution is -0.385. The fourth-order valence-electron chi connectivity index (χ4n) is 3.44. The number of nitro benzene ring substituents is 1. The zero-order valence-corrected chi connectivity index (χ0v) is 16.5. The van der Waals surface area contributed by atoms with Crippen LogP contribution in [0.4, 0.5) is 11.4 Å². The Morgan fingerprint density at radius 3 is 2.58 bits per heavy atom. The molecule has 8 heteroatoms. The second-order valence-corrected chi connectivity index (χ2v) is 6.79. The molecule has 31 heavy (non-hydrogen) atoms. The Kier molecular flexibility index (Phi) is 5.16. The average molecular weight is 412 g/mol. The number of amidine groups is 1. The molecule has 0 fully saturated rings. The van der Waals surface area contributed by atoms with Gasteiger partial charge in [0.05, 0.1) is 30.2 Å². The van der Waals surface area contributed by atoms with Crippen molar-refractivity contribution in [3.8, 4) is 11.8 Å². The molecule has 1 aliphatic rings. The van der Waals surface area contributed by atoms with Crippen molar-refractivity contribution in [2.75, 3.05) is 12.0 Å². The Hall–Kier alpha value is -4.51. The predicted octanol–water partition coefficient (Wildman–Crippen LogP) is 4.08. The summed E-state index contributed by atoms with van der Waals surface area (Å²) in [6.45, 7) is 0.511. The molecule has 0 aromatic heterocycles. The lowest BCUT2D eigenvalue weighted by atomic mass is 10.1. The summed E-state index contributed by atoms with van der Waals surface area (Å²) in [5.74, 6) is -0.0838. The maximum atomic E-state index is 12.9. The van der Waals surface area contributed by atoms with Gasteiger partial charge in [-0.1, -0.05) is 24.3 Å². The summed E-state index contributed by atoms with van der Waals surface area (Å²) in [7, 11) is 1.33. The number of amides is 1. The first-order valence-corrected chi connectivity index (χ1v) is 9.33. The third-order valence-electron chi connectivity index (χ3n) is 4.98. The van der Waals surface area contributed by atoms with E-state index in [0.717, 1.165) is 22.9 Å². The number of hydrogen-bond donors (Lipinski definition) is 0. The number of anilines is 1. The molecule has 0 saturated carbocycles. The fraction of sp³-hybridized carbons (Fsp3) is 0.0870. The molecule has 0 spiro atoms. The SMILES string of the molecule is COc1ccc(C(=O)N=C2c3ccccc3CN2c2ccc(C#N)cc2)cc1[N+](=O)[O-]. The normalized spacial score (nSPS) is 13.5. The summed E-state index contributed by atoms with van der Waals surface area (Å²) in [4.78, 5) is 29.8. The van der Waals surface area contributed by atoms with Crippen molar-refractivity contribution in [2.24, 2.45) is 4.99 Å². The second-order valence-electron chi connectivity index (χ2n) is 6.79. The average Bonchev–Trinajstić information content (AvgIpc) is 3.17. The third kappa shape index (κ3) is 3.72. The van der Waals surface area contributed by atoms with Gasteiger partial charge in [-0.25, -0.2) is 0 Å². The number of nitriles is 1. The summed E-state index contributed by atoms with van der Waals surface area (Å²) in [6, 6.07) is 20.7. The van der Waals surface area contributed by atoms with E-state index in [-0.39, 0.29) is 17.0 Å². The molecule has 0 atom stereocenters. The van der Waals surface area contributed by atoms with Crippen molar-refractivity contribution < 1.29 is 14.5 Å². The van der Waals surface area contributed by atoms with E-state index in [1.54, 1.807) is 24.3 Å². The van der Waals surface area contributed by atoms with Crippen LogP contribution in [0.15, 0.2) is 71.7 Å². The van der Waals surface area contributed by atoms with Crippen molar-refractivity contribution in [1.29, 1.82) is 5.26 Å². The fourth-order valence-corrected chi connectivity index (χ4v) is 3.44. The third-order valence-corrected chi connectivity index (χ3v) is 4.98. The molecular weight excluding hydrogens is 396 g/mol. The largest absolute Gasteiger partial charge is 0.490 e. The number of carbonyl (C=O) groups excluding carboxylic acids is 1. The summed E-state index contributed by atoms with van der Waals surface area (Å²) < 4.78 is 5.00. The van der Waals surface area contributed by atoms with Crippen LogP contribution in [0.5, 0.6) is 5.75 Å². The number of rotatable bonds is 4. The number of nitro groups is 1. The lowest BCUT2D eigenvalue weighted by Gasteiger charge is -2.19. The second kappa shape index (κ2) is 8.08. The van der Waals surface area contributed by atoms with E-state index in [0.29, 0.717) is 17.9 Å². The monoisotopic (exact) mass is 412 g/mol. The topological polar surface area (TPSA) is 109 Å². The molecule has 3 aromatic carbocycles. The van der Waals surface area contributed by atoms with Gasteiger partial charge in [-0.2, -0.15) is 10.3 Å². The maximum absolute atomic E-state index is 12.9. The van der Waals surface area contributed by atoms with Gasteiger partial charge >= 0.3 is 5.69 Å². The van der Waals surface area contributed by atoms with Crippen LogP contribution in [0.1, 0.15) is 27.0 Å². The van der Waals surface area contributed by atoms with Crippen molar-refractivity contribution in [3.63, 3.8) is 0 Å². The van der Waals surface area contributed by atoms with Gasteiger partial charge in [0.25, 0.3) is 5.91 Å². The van der Waals surface area contributed by atoms with Crippen molar-refractivity contribution in [2.45, 2.75) is 6.54 Å². The minimum atomic E-state index is -0.601. The highest BCUT2D eigenvalue weighted by Crippen LogP contribution is 2.31. The predicted molar refractivity (Wildman–Crippen MR) is 114 cm³/mol. The maximum Gasteiger partial charge on any atom is 0.311 e. The van der Waals surface area contributed by atoms with E-state index >= 15 is 0 Å². The molecule has 4 rings (SSSR count). The summed E-state index contributed by atoms with van der Waals surface area (Å²) in [5.41, 5.74) is 2.90. The van der Waals surface area contributed by atoms with Gasteiger partial charge < -0.3 is 9.64 Å². The van der Waals surface area contributed by atoms with Crippen LogP contribution < -0.4 is 9.64 Å². The van der Waals surface area contributed by atoms with Crippen LogP contribution >= 0.6 is 0 Å². The van der Waals surface area contributed by atoms with E-state index in [4.69, 9.17) is 10.00 Å². The number of nitrogens with zero attached hydrogens (tertiary/aromatic N) is 4. The van der Waals surface area contributed by atoms with Crippen LogP contribution in [-0.4, -0.2) is 23.8 Å². The molecule has 0 bridgehead atoms. The number of ether oxygens (including phenoxy) is 1. The highest BCUT2D eigenvalue weighted by Gasteiger charge is 2.28. The van der Waals surface area contributed by atoms with E-state index in [1.165, 1.54) is 19.2 Å². The first kappa shape index (κ1) is 19.8. The summed E-state index contributed by atoms with van der Waals surface area (Å²) >= 11 is 0. The first-order chi connectivity index (χ1) is 15.0. The van der Waals surface area contributed by atoms with E-state index in [2.05, 4.69) is 11.1 Å². The van der Waals surface area contributed by atoms with Crippen LogP contribution in [0.3, 0.4) is 0 Å². The van der Waals surface area contributed by atoms with Gasteiger partial charge in [0, 0.05) is 22.9 Å². The van der Waals surface area contributed by atoms with Crippen LogP contribution in [0.25, 0.3) is 0 Å². The standard InChI is InChI=1S/C23H16N4O4/c1-31-21-11-8-16(12-20(21)27(29)30)23(28)25-22-19-5-3-2-4-17(19)14-26(22)18-9-6-15(13-24)7-10-18/h2-12H,14H2,1H3. The first-order valence-electron chi connectivity index (χ1n) is 9.33. The lowest BCUT2D eigenvalue weighted by Crippen LogP contribution is -2.25. The highest BCUT2D eigenvalue weighted by molar-refractivity contribution is 6.18. The minimum Gasteiger partial charge on any atom is -0.490 e. The number of aliphatic imine (C=N–C) groups is 1. The Labute approximate surface area is 177 Å². The van der Waals surface area contributed by atoms with Crippen molar-refractivity contribution in [3.05, 3.63) is 99.1 Å². The smallest absolute Gasteiger partial charge is 0.311 e. The molecule has 0 unspecified atom stereocenters. The quantitative estimate of drug-likeness (QED) is 0.472. The summed E-state index contributed by atoms with van der Waals surface area (Å²) in [5, 5.41) is 20.3. The Morgan fingerprint density at radius 2 is 1.90 bits per heavy atom. The number of carbonyl (C=O) groups is 1. The zero-order chi connectivity index (χ0) is 22.0. The molecule has 1 heterocycles. The van der Waals surface area contributed by atoms with Gasteiger partial charge in [-0.15, -0.1) is 0 Å². The van der Waals surface area contributed by atoms with Gasteiger partial charge in [0.2, 0.25) is 0 Å². The molecule has 3 aromatic rings. The van der Waals surface area contributed by atoms with Crippen LogP contribution in [0, 0.1) is 21.4 Å². The van der Waals surface area contributed by atoms with Gasteiger partial charge in [-0.3, -0.25) is 14.9 Å². The molecule has 0 N–H and O–H groups in total. The van der Waals surface area contributed by atoms with Crippen molar-refractivity contribution in [1.82, 2.24) is 0 Å². The number of methoxy groups -OCH3 is 1.